The molecule has 0 spiro atoms. The predicted octanol–water partition coefficient (Wildman–Crippen LogP) is 3.05. The van der Waals surface area contributed by atoms with Crippen molar-refractivity contribution in [2.45, 2.75) is 31.4 Å². The minimum Gasteiger partial charge on any atom is -0.250 e. The van der Waals surface area contributed by atoms with Crippen molar-refractivity contribution in [1.82, 2.24) is 4.98 Å². The highest BCUT2D eigenvalue weighted by molar-refractivity contribution is 7.10. The molecule has 1 aliphatic rings. The molecule has 0 bridgehead atoms. The Morgan fingerprint density at radius 2 is 2.08 bits per heavy atom. The number of nitrogens with zero attached hydrogens (tertiary/aromatic N) is 1. The van der Waals surface area contributed by atoms with Gasteiger partial charge in [-0.2, -0.15) is 13.2 Å². The zero-order chi connectivity index (χ0) is 9.69. The van der Waals surface area contributed by atoms with Crippen LogP contribution in [0.3, 0.4) is 0 Å². The molecule has 0 atom stereocenters. The number of hydrogen-bond acceptors (Lipinski definition) is 2. The van der Waals surface area contributed by atoms with Gasteiger partial charge < -0.3 is 0 Å². The SMILES string of the molecule is Cc1ncsc1C1(C(F)(F)F)CC1. The first-order valence-corrected chi connectivity index (χ1v) is 4.83. The van der Waals surface area contributed by atoms with Crippen LogP contribution in [-0.4, -0.2) is 11.2 Å². The number of thiazole rings is 1. The molecule has 1 aromatic heterocycles. The van der Waals surface area contributed by atoms with Gasteiger partial charge in [-0.15, -0.1) is 11.3 Å². The Labute approximate surface area is 77.6 Å². The highest BCUT2D eigenvalue weighted by Gasteiger charge is 2.65. The molecular weight excluding hydrogens is 199 g/mol. The molecule has 0 unspecified atom stereocenters. The molecule has 1 heterocycles. The summed E-state index contributed by atoms with van der Waals surface area (Å²) in [6.45, 7) is 1.64. The Kier molecular flexibility index (Phi) is 1.71. The van der Waals surface area contributed by atoms with E-state index in [0.29, 0.717) is 10.6 Å². The Balaban J connectivity index is 2.42. The molecule has 0 aromatic carbocycles. The van der Waals surface area contributed by atoms with Gasteiger partial charge in [-0.05, 0) is 19.8 Å². The first-order chi connectivity index (χ1) is 5.97. The Bertz CT molecular complexity index is 324. The van der Waals surface area contributed by atoms with E-state index in [0.717, 1.165) is 11.3 Å². The topological polar surface area (TPSA) is 12.9 Å². The van der Waals surface area contributed by atoms with E-state index >= 15 is 0 Å². The van der Waals surface area contributed by atoms with E-state index in [1.165, 1.54) is 5.51 Å². The summed E-state index contributed by atoms with van der Waals surface area (Å²) < 4.78 is 37.9. The highest BCUT2D eigenvalue weighted by atomic mass is 32.1. The second-order valence-corrected chi connectivity index (χ2v) is 4.20. The van der Waals surface area contributed by atoms with Crippen molar-refractivity contribution < 1.29 is 13.2 Å². The van der Waals surface area contributed by atoms with Crippen molar-refractivity contribution in [3.05, 3.63) is 16.1 Å². The predicted molar refractivity (Wildman–Crippen MR) is 43.8 cm³/mol. The number of rotatable bonds is 1. The Hall–Kier alpha value is -0.580. The minimum atomic E-state index is -4.11. The number of aromatic nitrogens is 1. The van der Waals surface area contributed by atoms with Gasteiger partial charge in [-0.1, -0.05) is 0 Å². The number of aryl methyl sites for hydroxylation is 1. The van der Waals surface area contributed by atoms with E-state index in [1.54, 1.807) is 6.92 Å². The molecule has 1 fully saturated rings. The van der Waals surface area contributed by atoms with Gasteiger partial charge >= 0.3 is 6.18 Å². The van der Waals surface area contributed by atoms with E-state index < -0.39 is 11.6 Å². The normalized spacial score (nSPS) is 20.3. The molecule has 1 aliphatic carbocycles. The van der Waals surface area contributed by atoms with Gasteiger partial charge in [0, 0.05) is 4.88 Å². The fourth-order valence-electron chi connectivity index (χ4n) is 1.53. The first kappa shape index (κ1) is 8.99. The van der Waals surface area contributed by atoms with E-state index in [4.69, 9.17) is 0 Å². The van der Waals surface area contributed by atoms with E-state index in [9.17, 15) is 13.2 Å². The van der Waals surface area contributed by atoms with Crippen LogP contribution in [0.2, 0.25) is 0 Å². The maximum atomic E-state index is 12.6. The largest absolute Gasteiger partial charge is 0.399 e. The average molecular weight is 207 g/mol. The van der Waals surface area contributed by atoms with Crippen LogP contribution in [0, 0.1) is 6.92 Å². The molecule has 0 aliphatic heterocycles. The van der Waals surface area contributed by atoms with Crippen LogP contribution < -0.4 is 0 Å². The summed E-state index contributed by atoms with van der Waals surface area (Å²) in [5.41, 5.74) is 0.467. The quantitative estimate of drug-likeness (QED) is 0.689. The lowest BCUT2D eigenvalue weighted by atomic mass is 10.0. The van der Waals surface area contributed by atoms with Crippen LogP contribution in [0.15, 0.2) is 5.51 Å². The molecule has 5 heteroatoms. The highest BCUT2D eigenvalue weighted by Crippen LogP contribution is 2.60. The Morgan fingerprint density at radius 1 is 1.46 bits per heavy atom. The third-order valence-corrected chi connectivity index (χ3v) is 3.61. The van der Waals surface area contributed by atoms with Gasteiger partial charge in [0.2, 0.25) is 0 Å². The van der Waals surface area contributed by atoms with Crippen LogP contribution in [-0.2, 0) is 5.41 Å². The lowest BCUT2D eigenvalue weighted by Crippen LogP contribution is -2.28. The van der Waals surface area contributed by atoms with Crippen LogP contribution in [0.1, 0.15) is 23.4 Å². The summed E-state index contributed by atoms with van der Waals surface area (Å²) in [6.07, 6.45) is -3.66. The van der Waals surface area contributed by atoms with Crippen molar-refractivity contribution in [1.29, 1.82) is 0 Å². The fourth-order valence-corrected chi connectivity index (χ4v) is 2.61. The molecule has 1 aromatic rings. The Morgan fingerprint density at radius 3 is 2.38 bits per heavy atom. The number of hydrogen-bond donors (Lipinski definition) is 0. The third-order valence-electron chi connectivity index (χ3n) is 2.47. The van der Waals surface area contributed by atoms with Crippen molar-refractivity contribution in [2.24, 2.45) is 0 Å². The molecule has 1 nitrogen and oxygen atoms in total. The van der Waals surface area contributed by atoms with Crippen LogP contribution in [0.5, 0.6) is 0 Å². The smallest absolute Gasteiger partial charge is 0.250 e. The van der Waals surface area contributed by atoms with Gasteiger partial charge in [0.15, 0.2) is 0 Å². The summed E-state index contributed by atoms with van der Waals surface area (Å²) in [5.74, 6) is 0. The van der Waals surface area contributed by atoms with Gasteiger partial charge in [0.25, 0.3) is 0 Å². The third kappa shape index (κ3) is 1.17. The fraction of sp³-hybridized carbons (Fsp3) is 0.625. The zero-order valence-electron chi connectivity index (χ0n) is 6.98. The monoisotopic (exact) mass is 207 g/mol. The van der Waals surface area contributed by atoms with Crippen molar-refractivity contribution >= 4 is 11.3 Å². The molecule has 0 amide bonds. The number of halogens is 3. The minimum absolute atomic E-state index is 0.222. The summed E-state index contributed by atoms with van der Waals surface area (Å²) in [5, 5.41) is 0. The van der Waals surface area contributed by atoms with Crippen LogP contribution in [0.4, 0.5) is 13.2 Å². The zero-order valence-corrected chi connectivity index (χ0v) is 7.80. The van der Waals surface area contributed by atoms with Crippen LogP contribution >= 0.6 is 11.3 Å². The van der Waals surface area contributed by atoms with Gasteiger partial charge in [0.1, 0.15) is 5.41 Å². The lowest BCUT2D eigenvalue weighted by Gasteiger charge is -2.17. The molecule has 1 saturated carbocycles. The van der Waals surface area contributed by atoms with E-state index in [2.05, 4.69) is 4.98 Å². The van der Waals surface area contributed by atoms with Gasteiger partial charge in [-0.25, -0.2) is 4.98 Å². The van der Waals surface area contributed by atoms with E-state index in [-0.39, 0.29) is 12.8 Å². The molecule has 13 heavy (non-hydrogen) atoms. The van der Waals surface area contributed by atoms with Gasteiger partial charge in [0.05, 0.1) is 11.2 Å². The summed E-state index contributed by atoms with van der Waals surface area (Å²) in [6, 6.07) is 0. The maximum absolute atomic E-state index is 12.6. The second-order valence-electron chi connectivity index (χ2n) is 3.35. The summed E-state index contributed by atoms with van der Waals surface area (Å²) in [7, 11) is 0. The molecule has 2 rings (SSSR count). The first-order valence-electron chi connectivity index (χ1n) is 3.95. The second kappa shape index (κ2) is 2.47. The van der Waals surface area contributed by atoms with Gasteiger partial charge in [-0.3, -0.25) is 0 Å². The summed E-state index contributed by atoms with van der Waals surface area (Å²) >= 11 is 1.11. The number of alkyl halides is 3. The maximum Gasteiger partial charge on any atom is 0.399 e. The summed E-state index contributed by atoms with van der Waals surface area (Å²) in [4.78, 5) is 4.26. The average Bonchev–Trinajstić information content (AvgIpc) is 2.70. The molecular formula is C8H8F3NS. The van der Waals surface area contributed by atoms with E-state index in [1.807, 2.05) is 0 Å². The molecule has 0 N–H and O–H groups in total. The molecule has 0 saturated heterocycles. The van der Waals surface area contributed by atoms with Crippen molar-refractivity contribution in [3.8, 4) is 0 Å². The van der Waals surface area contributed by atoms with Crippen molar-refractivity contribution in [3.63, 3.8) is 0 Å². The lowest BCUT2D eigenvalue weighted by molar-refractivity contribution is -0.160. The van der Waals surface area contributed by atoms with Crippen molar-refractivity contribution in [2.75, 3.05) is 0 Å². The molecule has 0 radical (unpaired) electrons. The standard InChI is InChI=1S/C8H8F3NS/c1-5-6(13-4-12-5)7(2-3-7)8(9,10)11/h4H,2-3H2,1H3. The molecule has 72 valence electrons. The van der Waals surface area contributed by atoms with Crippen LogP contribution in [0.25, 0.3) is 0 Å².